The summed E-state index contributed by atoms with van der Waals surface area (Å²) in [6.07, 6.45) is 3.83. The predicted molar refractivity (Wildman–Crippen MR) is 59.4 cm³/mol. The van der Waals surface area contributed by atoms with E-state index in [9.17, 15) is 0 Å². The van der Waals surface area contributed by atoms with Crippen molar-refractivity contribution < 1.29 is 0 Å². The molecule has 6 heteroatoms. The molecule has 0 radical (unpaired) electrons. The van der Waals surface area contributed by atoms with Crippen LogP contribution in [-0.4, -0.2) is 20.6 Å². The van der Waals surface area contributed by atoms with Crippen molar-refractivity contribution in [3.05, 3.63) is 23.1 Å². The van der Waals surface area contributed by atoms with E-state index in [1.54, 1.807) is 6.07 Å². The molecule has 0 aromatic carbocycles. The molecule has 2 aromatic rings. The highest BCUT2D eigenvalue weighted by molar-refractivity contribution is 6.29. The van der Waals surface area contributed by atoms with E-state index in [0.29, 0.717) is 22.5 Å². The number of rotatable bonds is 2. The maximum atomic E-state index is 8.89. The fourth-order valence-electron chi connectivity index (χ4n) is 1.57. The molecule has 2 aromatic heterocycles. The molecular weight excluding hydrogens is 226 g/mol. The number of nitrogens with zero attached hydrogens (tertiary/aromatic N) is 4. The summed E-state index contributed by atoms with van der Waals surface area (Å²) in [5, 5.41) is 16.6. The molecule has 0 bridgehead atoms. The highest BCUT2D eigenvalue weighted by atomic mass is 35.5. The number of aromatic nitrogens is 3. The second kappa shape index (κ2) is 3.35. The Hall–Kier alpha value is -1.80. The van der Waals surface area contributed by atoms with Crippen LogP contribution in [0.2, 0.25) is 5.15 Å². The first kappa shape index (κ1) is 9.43. The molecule has 0 aliphatic heterocycles. The summed E-state index contributed by atoms with van der Waals surface area (Å²) in [6, 6.07) is 4.27. The Balaban J connectivity index is 2.18. The van der Waals surface area contributed by atoms with Crippen LogP contribution in [0, 0.1) is 11.3 Å². The second-order valence-corrected chi connectivity index (χ2v) is 4.18. The molecule has 1 aliphatic carbocycles. The van der Waals surface area contributed by atoms with Gasteiger partial charge in [-0.15, -0.1) is 0 Å². The topological polar surface area (TPSA) is 66.0 Å². The van der Waals surface area contributed by atoms with Gasteiger partial charge in [-0.2, -0.15) is 14.9 Å². The third-order valence-corrected chi connectivity index (χ3v) is 2.67. The van der Waals surface area contributed by atoms with Crippen LogP contribution in [0.15, 0.2) is 12.3 Å². The number of nitrogens with one attached hydrogen (secondary N) is 1. The lowest BCUT2D eigenvalue weighted by atomic mass is 10.4. The molecule has 80 valence electrons. The molecule has 2 heterocycles. The Labute approximate surface area is 96.7 Å². The summed E-state index contributed by atoms with van der Waals surface area (Å²) >= 11 is 5.90. The van der Waals surface area contributed by atoms with E-state index in [-0.39, 0.29) is 0 Å². The number of imidazole rings is 1. The molecule has 0 spiro atoms. The average Bonchev–Trinajstić information content (AvgIpc) is 2.96. The van der Waals surface area contributed by atoms with Crippen LogP contribution in [0.5, 0.6) is 0 Å². The van der Waals surface area contributed by atoms with Crippen molar-refractivity contribution in [2.75, 3.05) is 5.32 Å². The zero-order valence-corrected chi connectivity index (χ0v) is 9.07. The van der Waals surface area contributed by atoms with Gasteiger partial charge in [0.15, 0.2) is 16.5 Å². The molecule has 0 amide bonds. The van der Waals surface area contributed by atoms with Crippen molar-refractivity contribution in [2.24, 2.45) is 0 Å². The number of halogens is 1. The maximum absolute atomic E-state index is 8.89. The van der Waals surface area contributed by atoms with Crippen LogP contribution in [0.4, 0.5) is 5.69 Å². The Kier molecular flexibility index (Phi) is 1.98. The molecule has 1 N–H and O–H groups in total. The van der Waals surface area contributed by atoms with Crippen LogP contribution >= 0.6 is 11.6 Å². The van der Waals surface area contributed by atoms with Gasteiger partial charge in [-0.1, -0.05) is 11.6 Å². The first-order chi connectivity index (χ1) is 7.78. The fraction of sp³-hybridized carbons (Fsp3) is 0.300. The van der Waals surface area contributed by atoms with Gasteiger partial charge < -0.3 is 5.32 Å². The van der Waals surface area contributed by atoms with Gasteiger partial charge in [0, 0.05) is 12.1 Å². The first-order valence-electron chi connectivity index (χ1n) is 4.99. The first-order valence-corrected chi connectivity index (χ1v) is 5.36. The van der Waals surface area contributed by atoms with Crippen LogP contribution < -0.4 is 5.32 Å². The van der Waals surface area contributed by atoms with Gasteiger partial charge in [-0.05, 0) is 12.8 Å². The minimum Gasteiger partial charge on any atom is -0.379 e. The lowest BCUT2D eigenvalue weighted by molar-refractivity contribution is 0.919. The van der Waals surface area contributed by atoms with Crippen LogP contribution in [0.25, 0.3) is 5.65 Å². The van der Waals surface area contributed by atoms with E-state index in [0.717, 1.165) is 18.5 Å². The number of fused-ring (bicyclic) bond motifs is 1. The molecule has 1 saturated carbocycles. The van der Waals surface area contributed by atoms with E-state index in [1.165, 1.54) is 10.7 Å². The lowest BCUT2D eigenvalue weighted by Gasteiger charge is -2.06. The maximum Gasteiger partial charge on any atom is 0.178 e. The highest BCUT2D eigenvalue weighted by Crippen LogP contribution is 2.28. The summed E-state index contributed by atoms with van der Waals surface area (Å²) < 4.78 is 1.47. The molecule has 1 fully saturated rings. The van der Waals surface area contributed by atoms with Crippen molar-refractivity contribution in [3.63, 3.8) is 0 Å². The van der Waals surface area contributed by atoms with Crippen LogP contribution in [-0.2, 0) is 0 Å². The third kappa shape index (κ3) is 1.48. The van der Waals surface area contributed by atoms with E-state index in [4.69, 9.17) is 16.9 Å². The standard InChI is InChI=1S/C10H8ClN5/c11-9-3-8(14-6-1-2-6)10-13-5-7(4-12)16(10)15-9/h3,5-6,14H,1-2H2. The normalized spacial score (nSPS) is 15.0. The van der Waals surface area contributed by atoms with Gasteiger partial charge in [0.05, 0.1) is 11.9 Å². The number of hydrogen-bond acceptors (Lipinski definition) is 4. The molecule has 5 nitrogen and oxygen atoms in total. The van der Waals surface area contributed by atoms with Crippen molar-refractivity contribution in [3.8, 4) is 6.07 Å². The van der Waals surface area contributed by atoms with Gasteiger partial charge in [-0.25, -0.2) is 4.98 Å². The van der Waals surface area contributed by atoms with E-state index < -0.39 is 0 Å². The Bertz CT molecular complexity index is 593. The van der Waals surface area contributed by atoms with Gasteiger partial charge in [0.1, 0.15) is 6.07 Å². The summed E-state index contributed by atoms with van der Waals surface area (Å²) in [4.78, 5) is 4.17. The highest BCUT2D eigenvalue weighted by Gasteiger charge is 2.22. The Morgan fingerprint density at radius 3 is 3.06 bits per heavy atom. The van der Waals surface area contributed by atoms with Crippen LogP contribution in [0.1, 0.15) is 18.5 Å². The summed E-state index contributed by atoms with van der Waals surface area (Å²) in [7, 11) is 0. The summed E-state index contributed by atoms with van der Waals surface area (Å²) in [5.41, 5.74) is 1.87. The quantitative estimate of drug-likeness (QED) is 0.860. The molecular formula is C10H8ClN5. The molecule has 1 aliphatic rings. The number of hydrogen-bond donors (Lipinski definition) is 1. The van der Waals surface area contributed by atoms with E-state index >= 15 is 0 Å². The van der Waals surface area contributed by atoms with E-state index in [2.05, 4.69) is 15.4 Å². The average molecular weight is 234 g/mol. The van der Waals surface area contributed by atoms with Gasteiger partial charge in [0.2, 0.25) is 0 Å². The molecule has 3 rings (SSSR count). The van der Waals surface area contributed by atoms with Crippen LogP contribution in [0.3, 0.4) is 0 Å². The largest absolute Gasteiger partial charge is 0.379 e. The SMILES string of the molecule is N#Cc1cnc2c(NC3CC3)cc(Cl)nn12. The summed E-state index contributed by atoms with van der Waals surface area (Å²) in [6.45, 7) is 0. The zero-order chi connectivity index (χ0) is 11.1. The van der Waals surface area contributed by atoms with Gasteiger partial charge in [-0.3, -0.25) is 0 Å². The van der Waals surface area contributed by atoms with Crippen molar-refractivity contribution in [2.45, 2.75) is 18.9 Å². The minimum absolute atomic E-state index is 0.352. The number of nitriles is 1. The third-order valence-electron chi connectivity index (χ3n) is 2.49. The van der Waals surface area contributed by atoms with Crippen molar-refractivity contribution in [1.82, 2.24) is 14.6 Å². The fourth-order valence-corrected chi connectivity index (χ4v) is 1.75. The second-order valence-electron chi connectivity index (χ2n) is 3.79. The smallest absolute Gasteiger partial charge is 0.178 e. The van der Waals surface area contributed by atoms with Gasteiger partial charge in [0.25, 0.3) is 0 Å². The Morgan fingerprint density at radius 2 is 2.38 bits per heavy atom. The Morgan fingerprint density at radius 1 is 1.56 bits per heavy atom. The molecule has 0 atom stereocenters. The predicted octanol–water partition coefficient (Wildman–Crippen LogP) is 1.83. The van der Waals surface area contributed by atoms with Crippen molar-refractivity contribution >= 4 is 22.9 Å². The van der Waals surface area contributed by atoms with E-state index in [1.807, 2.05) is 6.07 Å². The zero-order valence-electron chi connectivity index (χ0n) is 8.31. The molecule has 0 saturated heterocycles. The van der Waals surface area contributed by atoms with Gasteiger partial charge >= 0.3 is 0 Å². The van der Waals surface area contributed by atoms with Crippen molar-refractivity contribution in [1.29, 1.82) is 5.26 Å². The monoisotopic (exact) mass is 233 g/mol. The molecule has 16 heavy (non-hydrogen) atoms. The molecule has 0 unspecified atom stereocenters. The minimum atomic E-state index is 0.352. The summed E-state index contributed by atoms with van der Waals surface area (Å²) in [5.74, 6) is 0. The number of anilines is 1. The lowest BCUT2D eigenvalue weighted by Crippen LogP contribution is -2.05.